The summed E-state index contributed by atoms with van der Waals surface area (Å²) in [4.78, 5) is 0. The zero-order valence-electron chi connectivity index (χ0n) is 12.4. The van der Waals surface area contributed by atoms with E-state index in [1.54, 1.807) is 6.08 Å². The van der Waals surface area contributed by atoms with Crippen LogP contribution in [-0.4, -0.2) is 0 Å². The molecular formula is C17H13F4Li. The van der Waals surface area contributed by atoms with Crippen molar-refractivity contribution in [2.75, 3.05) is 0 Å². The standard InChI is InChI=1S/C17H13F4.Li/c1-2-3-4-6-11-9-10-13(17(21)15(11)19)12-7-5-8-14(18)16(12)20;/h4-7,9-10H,2-3H2,1H3;/q-1;+1. The summed E-state index contributed by atoms with van der Waals surface area (Å²) in [5.74, 6) is -4.74. The van der Waals surface area contributed by atoms with Crippen LogP contribution in [0.4, 0.5) is 17.6 Å². The molecule has 2 aromatic carbocycles. The fourth-order valence-electron chi connectivity index (χ4n) is 1.94. The van der Waals surface area contributed by atoms with E-state index in [0.29, 0.717) is 0 Å². The summed E-state index contributed by atoms with van der Waals surface area (Å²) >= 11 is 0. The van der Waals surface area contributed by atoms with Gasteiger partial charge in [0.05, 0.1) is 5.82 Å². The Labute approximate surface area is 139 Å². The summed E-state index contributed by atoms with van der Waals surface area (Å²) in [7, 11) is 0. The summed E-state index contributed by atoms with van der Waals surface area (Å²) in [6, 6.07) is 6.88. The number of benzene rings is 2. The van der Waals surface area contributed by atoms with Crippen LogP contribution in [0.15, 0.2) is 30.3 Å². The number of unbranched alkanes of at least 4 members (excludes halogenated alkanes) is 1. The molecule has 0 aliphatic heterocycles. The molecule has 2 aromatic rings. The maximum Gasteiger partial charge on any atom is 1.00 e. The Morgan fingerprint density at radius 2 is 1.64 bits per heavy atom. The van der Waals surface area contributed by atoms with Crippen molar-refractivity contribution in [3.8, 4) is 11.1 Å². The van der Waals surface area contributed by atoms with Crippen LogP contribution in [0.5, 0.6) is 0 Å². The van der Waals surface area contributed by atoms with Crippen molar-refractivity contribution < 1.29 is 36.4 Å². The van der Waals surface area contributed by atoms with Gasteiger partial charge in [0.1, 0.15) is 0 Å². The minimum atomic E-state index is -1.25. The van der Waals surface area contributed by atoms with Gasteiger partial charge in [0.15, 0.2) is 11.6 Å². The van der Waals surface area contributed by atoms with Crippen molar-refractivity contribution in [2.24, 2.45) is 0 Å². The molecular weight excluding hydrogens is 287 g/mol. The molecule has 0 nitrogen and oxygen atoms in total. The molecule has 0 N–H and O–H groups in total. The van der Waals surface area contributed by atoms with Crippen molar-refractivity contribution >= 4 is 6.08 Å². The van der Waals surface area contributed by atoms with Crippen LogP contribution in [0, 0.1) is 29.3 Å². The van der Waals surface area contributed by atoms with Gasteiger partial charge in [0.2, 0.25) is 0 Å². The second-order valence-electron chi connectivity index (χ2n) is 4.54. The largest absolute Gasteiger partial charge is 1.00 e. The molecule has 0 saturated carbocycles. The van der Waals surface area contributed by atoms with Crippen LogP contribution >= 0.6 is 0 Å². The molecule has 0 aromatic heterocycles. The van der Waals surface area contributed by atoms with E-state index in [0.717, 1.165) is 25.0 Å². The molecule has 0 spiro atoms. The van der Waals surface area contributed by atoms with Gasteiger partial charge < -0.3 is 0 Å². The fraction of sp³-hybridized carbons (Fsp3) is 0.176. The average Bonchev–Trinajstić information content (AvgIpc) is 2.47. The monoisotopic (exact) mass is 300 g/mol. The Kier molecular flexibility index (Phi) is 6.92. The smallest absolute Gasteiger partial charge is 0.281 e. The third kappa shape index (κ3) is 3.82. The second-order valence-corrected chi connectivity index (χ2v) is 4.54. The molecule has 0 amide bonds. The van der Waals surface area contributed by atoms with E-state index in [9.17, 15) is 17.6 Å². The summed E-state index contributed by atoms with van der Waals surface area (Å²) in [6.45, 7) is 1.97. The minimum absolute atomic E-state index is 0. The SMILES string of the molecule is CCCC=Cc1ccc(-c2cc[c-]c(F)c2F)c(F)c1F.[Li+]. The summed E-state index contributed by atoms with van der Waals surface area (Å²) in [5, 5.41) is 0. The first-order valence-electron chi connectivity index (χ1n) is 6.56. The van der Waals surface area contributed by atoms with E-state index in [1.807, 2.05) is 13.0 Å². The minimum Gasteiger partial charge on any atom is -0.281 e. The van der Waals surface area contributed by atoms with Gasteiger partial charge in [-0.05, 0) is 12.0 Å². The van der Waals surface area contributed by atoms with E-state index >= 15 is 0 Å². The molecule has 0 bridgehead atoms. The van der Waals surface area contributed by atoms with E-state index < -0.39 is 23.3 Å². The van der Waals surface area contributed by atoms with Crippen LogP contribution in [-0.2, 0) is 0 Å². The fourth-order valence-corrected chi connectivity index (χ4v) is 1.94. The average molecular weight is 300 g/mol. The van der Waals surface area contributed by atoms with Crippen LogP contribution in [0.2, 0.25) is 0 Å². The normalized spacial score (nSPS) is 10.8. The van der Waals surface area contributed by atoms with Gasteiger partial charge in [-0.3, -0.25) is 4.39 Å². The maximum atomic E-state index is 14.1. The van der Waals surface area contributed by atoms with Gasteiger partial charge in [0, 0.05) is 11.4 Å². The number of allylic oxidation sites excluding steroid dienone is 1. The molecule has 110 valence electrons. The van der Waals surface area contributed by atoms with E-state index in [-0.39, 0.29) is 35.6 Å². The van der Waals surface area contributed by atoms with E-state index in [4.69, 9.17) is 0 Å². The van der Waals surface area contributed by atoms with Gasteiger partial charge in [-0.1, -0.05) is 43.2 Å². The van der Waals surface area contributed by atoms with Crippen LogP contribution < -0.4 is 18.9 Å². The van der Waals surface area contributed by atoms with E-state index in [1.165, 1.54) is 18.2 Å². The first kappa shape index (κ1) is 18.5. The van der Waals surface area contributed by atoms with Crippen LogP contribution in [0.25, 0.3) is 17.2 Å². The van der Waals surface area contributed by atoms with Crippen LogP contribution in [0.3, 0.4) is 0 Å². The van der Waals surface area contributed by atoms with Gasteiger partial charge >= 0.3 is 18.9 Å². The maximum absolute atomic E-state index is 14.1. The Morgan fingerprint density at radius 3 is 2.32 bits per heavy atom. The molecule has 2 rings (SSSR count). The molecule has 0 radical (unpaired) electrons. The topological polar surface area (TPSA) is 0 Å². The predicted octanol–water partition coefficient (Wildman–Crippen LogP) is 2.53. The van der Waals surface area contributed by atoms with Crippen molar-refractivity contribution in [1.29, 1.82) is 0 Å². The quantitative estimate of drug-likeness (QED) is 0.462. The Balaban J connectivity index is 0.00000242. The molecule has 0 aliphatic rings. The van der Waals surface area contributed by atoms with Crippen molar-refractivity contribution in [3.63, 3.8) is 0 Å². The van der Waals surface area contributed by atoms with Gasteiger partial charge in [-0.2, -0.15) is 12.1 Å². The summed E-state index contributed by atoms with van der Waals surface area (Å²) < 4.78 is 54.8. The van der Waals surface area contributed by atoms with E-state index in [2.05, 4.69) is 0 Å². The Bertz CT molecular complexity index is 681. The Morgan fingerprint density at radius 1 is 0.955 bits per heavy atom. The van der Waals surface area contributed by atoms with Crippen LogP contribution in [0.1, 0.15) is 25.3 Å². The Hall–Kier alpha value is -1.50. The van der Waals surface area contributed by atoms with Gasteiger partial charge in [0.25, 0.3) is 0 Å². The molecule has 0 aliphatic carbocycles. The second kappa shape index (κ2) is 8.21. The molecule has 0 unspecified atom stereocenters. The van der Waals surface area contributed by atoms with Crippen molar-refractivity contribution in [2.45, 2.75) is 19.8 Å². The molecule has 0 heterocycles. The predicted molar refractivity (Wildman–Crippen MR) is 74.5 cm³/mol. The third-order valence-electron chi connectivity index (χ3n) is 3.04. The number of halogens is 4. The number of rotatable bonds is 4. The molecule has 0 fully saturated rings. The van der Waals surface area contributed by atoms with Gasteiger partial charge in [-0.15, -0.1) is 6.07 Å². The molecule has 5 heteroatoms. The van der Waals surface area contributed by atoms with Gasteiger partial charge in [-0.25, -0.2) is 13.2 Å². The molecule has 0 atom stereocenters. The number of hydrogen-bond acceptors (Lipinski definition) is 0. The summed E-state index contributed by atoms with van der Waals surface area (Å²) in [5.41, 5.74) is -0.564. The first-order valence-corrected chi connectivity index (χ1v) is 6.56. The number of hydrogen-bond donors (Lipinski definition) is 0. The van der Waals surface area contributed by atoms with Crippen molar-refractivity contribution in [1.82, 2.24) is 0 Å². The summed E-state index contributed by atoms with van der Waals surface area (Å²) in [6.07, 6.45) is 4.84. The molecule has 0 saturated heterocycles. The zero-order chi connectivity index (χ0) is 15.4. The first-order chi connectivity index (χ1) is 10.1. The van der Waals surface area contributed by atoms with Crippen molar-refractivity contribution in [3.05, 3.63) is 65.2 Å². The third-order valence-corrected chi connectivity index (χ3v) is 3.04. The zero-order valence-corrected chi connectivity index (χ0v) is 12.4. The molecule has 22 heavy (non-hydrogen) atoms.